The highest BCUT2D eigenvalue weighted by Crippen LogP contribution is 2.41. The number of nitrogens with zero attached hydrogens (tertiary/aromatic N) is 5. The van der Waals surface area contributed by atoms with E-state index in [0.717, 1.165) is 35.9 Å². The van der Waals surface area contributed by atoms with Crippen LogP contribution in [0.3, 0.4) is 0 Å². The molecule has 3 aliphatic rings. The van der Waals surface area contributed by atoms with Gasteiger partial charge in [0.2, 0.25) is 15.9 Å². The Morgan fingerprint density at radius 3 is 2.44 bits per heavy atom. The van der Waals surface area contributed by atoms with E-state index in [1.807, 2.05) is 19.9 Å². The summed E-state index contributed by atoms with van der Waals surface area (Å²) in [7, 11) is -1.92. The molecule has 11 heteroatoms. The first-order valence-corrected chi connectivity index (χ1v) is 13.0. The second-order valence-corrected chi connectivity index (χ2v) is 11.4. The third-order valence-electron chi connectivity index (χ3n) is 6.91. The molecule has 0 aromatic carbocycles. The average Bonchev–Trinajstić information content (AvgIpc) is 3.33. The van der Waals surface area contributed by atoms with E-state index >= 15 is 0 Å². The monoisotopic (exact) mass is 487 g/mol. The SMILES string of the molecule is CC(C)[C@H]1C(=O)N(S(C)(=O)=O)[C@H]2CCN(C(=O)c3cc(CN4CCCCC4)nn3C)[C@H]12.Cl. The molecule has 0 saturated carbocycles. The first-order valence-electron chi connectivity index (χ1n) is 11.2. The highest BCUT2D eigenvalue weighted by Gasteiger charge is 2.58. The Balaban J connectivity index is 0.00000289. The fourth-order valence-corrected chi connectivity index (χ4v) is 6.74. The number of fused-ring (bicyclic) bond motifs is 1. The first kappa shape index (κ1) is 25.0. The molecule has 0 N–H and O–H groups in total. The van der Waals surface area contributed by atoms with Gasteiger partial charge in [0, 0.05) is 20.1 Å². The molecule has 3 saturated heterocycles. The molecule has 9 nitrogen and oxygen atoms in total. The van der Waals surface area contributed by atoms with Gasteiger partial charge in [-0.25, -0.2) is 12.7 Å². The van der Waals surface area contributed by atoms with E-state index in [9.17, 15) is 18.0 Å². The third kappa shape index (κ3) is 4.41. The maximum Gasteiger partial charge on any atom is 0.272 e. The molecule has 0 spiro atoms. The number of carbonyl (C=O) groups excluding carboxylic acids is 2. The summed E-state index contributed by atoms with van der Waals surface area (Å²) in [4.78, 5) is 30.6. The zero-order chi connectivity index (χ0) is 22.5. The number of hydrogen-bond donors (Lipinski definition) is 0. The summed E-state index contributed by atoms with van der Waals surface area (Å²) in [5, 5.41) is 4.56. The lowest BCUT2D eigenvalue weighted by Crippen LogP contribution is -2.44. The lowest BCUT2D eigenvalue weighted by molar-refractivity contribution is -0.129. The fourth-order valence-electron chi connectivity index (χ4n) is 5.57. The Labute approximate surface area is 196 Å². The predicted octanol–water partition coefficient (Wildman–Crippen LogP) is 1.48. The highest BCUT2D eigenvalue weighted by atomic mass is 35.5. The van der Waals surface area contributed by atoms with Crippen molar-refractivity contribution in [1.29, 1.82) is 0 Å². The van der Waals surface area contributed by atoms with Crippen LogP contribution in [0.4, 0.5) is 0 Å². The number of rotatable bonds is 5. The third-order valence-corrected chi connectivity index (χ3v) is 8.08. The Morgan fingerprint density at radius 2 is 1.84 bits per heavy atom. The summed E-state index contributed by atoms with van der Waals surface area (Å²) in [6.07, 6.45) is 5.19. The van der Waals surface area contributed by atoms with Gasteiger partial charge in [-0.05, 0) is 44.3 Å². The smallest absolute Gasteiger partial charge is 0.272 e. The van der Waals surface area contributed by atoms with Crippen molar-refractivity contribution in [3.05, 3.63) is 17.5 Å². The van der Waals surface area contributed by atoms with Gasteiger partial charge in [-0.3, -0.25) is 19.2 Å². The van der Waals surface area contributed by atoms with E-state index in [2.05, 4.69) is 10.00 Å². The van der Waals surface area contributed by atoms with Gasteiger partial charge in [0.25, 0.3) is 5.91 Å². The van der Waals surface area contributed by atoms with Gasteiger partial charge < -0.3 is 4.90 Å². The second kappa shape index (κ2) is 9.30. The van der Waals surface area contributed by atoms with Crippen LogP contribution >= 0.6 is 12.4 Å². The molecule has 32 heavy (non-hydrogen) atoms. The molecule has 4 rings (SSSR count). The number of piperidine rings is 1. The predicted molar refractivity (Wildman–Crippen MR) is 123 cm³/mol. The molecule has 2 amide bonds. The van der Waals surface area contributed by atoms with Gasteiger partial charge in [0.1, 0.15) is 5.69 Å². The van der Waals surface area contributed by atoms with Crippen molar-refractivity contribution in [1.82, 2.24) is 23.9 Å². The molecule has 0 radical (unpaired) electrons. The summed E-state index contributed by atoms with van der Waals surface area (Å²) in [5.74, 6) is -1.16. The van der Waals surface area contributed by atoms with Gasteiger partial charge in [0.15, 0.2) is 0 Å². The summed E-state index contributed by atoms with van der Waals surface area (Å²) in [5.41, 5.74) is 1.35. The van der Waals surface area contributed by atoms with Crippen LogP contribution in [0.2, 0.25) is 0 Å². The van der Waals surface area contributed by atoms with Crippen molar-refractivity contribution in [2.75, 3.05) is 25.9 Å². The van der Waals surface area contributed by atoms with Crippen molar-refractivity contribution >= 4 is 34.2 Å². The number of likely N-dealkylation sites (tertiary alicyclic amines) is 2. The summed E-state index contributed by atoms with van der Waals surface area (Å²) in [6.45, 7) is 7.08. The number of hydrogen-bond acceptors (Lipinski definition) is 6. The quantitative estimate of drug-likeness (QED) is 0.624. The van der Waals surface area contributed by atoms with Crippen LogP contribution in [0.15, 0.2) is 6.07 Å². The van der Waals surface area contributed by atoms with Crippen LogP contribution in [0.25, 0.3) is 0 Å². The van der Waals surface area contributed by atoms with Crippen LogP contribution in [-0.2, 0) is 28.4 Å². The lowest BCUT2D eigenvalue weighted by Gasteiger charge is -2.29. The zero-order valence-electron chi connectivity index (χ0n) is 19.2. The van der Waals surface area contributed by atoms with Crippen LogP contribution in [0, 0.1) is 11.8 Å². The number of halogens is 1. The second-order valence-electron chi connectivity index (χ2n) is 9.49. The fraction of sp³-hybridized carbons (Fsp3) is 0.762. The van der Waals surface area contributed by atoms with Gasteiger partial charge in [-0.1, -0.05) is 20.3 Å². The maximum absolute atomic E-state index is 13.5. The molecular weight excluding hydrogens is 454 g/mol. The minimum Gasteiger partial charge on any atom is -0.331 e. The molecule has 0 aliphatic carbocycles. The number of sulfonamides is 1. The molecule has 180 valence electrons. The Morgan fingerprint density at radius 1 is 1.19 bits per heavy atom. The molecule has 0 unspecified atom stereocenters. The molecule has 3 fully saturated rings. The minimum absolute atomic E-state index is 0. The van der Waals surface area contributed by atoms with E-state index in [1.165, 1.54) is 19.3 Å². The van der Waals surface area contributed by atoms with Crippen LogP contribution in [-0.4, -0.2) is 82.1 Å². The summed E-state index contributed by atoms with van der Waals surface area (Å²) < 4.78 is 27.3. The van der Waals surface area contributed by atoms with Crippen LogP contribution < -0.4 is 0 Å². The molecule has 4 heterocycles. The Bertz CT molecular complexity index is 973. The molecule has 3 aliphatic heterocycles. The van der Waals surface area contributed by atoms with Gasteiger partial charge in [0.05, 0.1) is 30.0 Å². The van der Waals surface area contributed by atoms with Crippen molar-refractivity contribution in [3.63, 3.8) is 0 Å². The number of aromatic nitrogens is 2. The van der Waals surface area contributed by atoms with Crippen molar-refractivity contribution in [2.24, 2.45) is 18.9 Å². The maximum atomic E-state index is 13.5. The Kier molecular flexibility index (Phi) is 7.26. The van der Waals surface area contributed by atoms with Gasteiger partial charge in [-0.15, -0.1) is 12.4 Å². The summed E-state index contributed by atoms with van der Waals surface area (Å²) >= 11 is 0. The highest BCUT2D eigenvalue weighted by molar-refractivity contribution is 7.88. The largest absolute Gasteiger partial charge is 0.331 e. The van der Waals surface area contributed by atoms with Crippen molar-refractivity contribution < 1.29 is 18.0 Å². The zero-order valence-corrected chi connectivity index (χ0v) is 20.9. The van der Waals surface area contributed by atoms with Gasteiger partial charge >= 0.3 is 0 Å². The number of carbonyl (C=O) groups is 2. The normalized spacial score (nSPS) is 26.5. The molecule has 3 atom stereocenters. The topological polar surface area (TPSA) is 95.8 Å². The van der Waals surface area contributed by atoms with Gasteiger partial charge in [-0.2, -0.15) is 5.10 Å². The van der Waals surface area contributed by atoms with E-state index in [0.29, 0.717) is 18.7 Å². The number of aryl methyl sites for hydroxylation is 1. The average molecular weight is 488 g/mol. The number of amides is 2. The van der Waals surface area contributed by atoms with E-state index in [1.54, 1.807) is 16.6 Å². The van der Waals surface area contributed by atoms with Crippen molar-refractivity contribution in [2.45, 2.75) is 58.2 Å². The molecule has 1 aromatic rings. The molecule has 0 bridgehead atoms. The minimum atomic E-state index is -3.68. The van der Waals surface area contributed by atoms with E-state index < -0.39 is 28.0 Å². The van der Waals surface area contributed by atoms with Crippen LogP contribution in [0.1, 0.15) is 55.7 Å². The lowest BCUT2D eigenvalue weighted by atomic mass is 9.88. The Hall–Kier alpha value is -1.65. The van der Waals surface area contributed by atoms with E-state index in [-0.39, 0.29) is 30.1 Å². The van der Waals surface area contributed by atoms with E-state index in [4.69, 9.17) is 0 Å². The molecular formula is C21H34ClN5O4S. The molecule has 1 aromatic heterocycles. The first-order chi connectivity index (χ1) is 14.6. The van der Waals surface area contributed by atoms with Crippen LogP contribution in [0.5, 0.6) is 0 Å². The standard InChI is InChI=1S/C21H33N5O4S.ClH/c1-14(2)18-19-16(26(21(18)28)31(4,29)30)8-11-25(19)20(27)17-12-15(22-23(17)3)13-24-9-6-5-7-10-24;/h12,14,16,18-19H,5-11,13H2,1-4H3;1H/t16-,18+,19-;/m0./s1. The van der Waals surface area contributed by atoms with Crippen molar-refractivity contribution in [3.8, 4) is 0 Å². The summed E-state index contributed by atoms with van der Waals surface area (Å²) in [6, 6.07) is 0.926.